The van der Waals surface area contributed by atoms with Crippen molar-refractivity contribution in [2.75, 3.05) is 41.4 Å². The maximum Gasteiger partial charge on any atom is 0.344 e. The summed E-state index contributed by atoms with van der Waals surface area (Å²) in [5.74, 6) is 2.97. The van der Waals surface area contributed by atoms with Gasteiger partial charge in [0.2, 0.25) is 5.95 Å². The van der Waals surface area contributed by atoms with Gasteiger partial charge in [0.25, 0.3) is 0 Å². The molecule has 38 heavy (non-hydrogen) atoms. The van der Waals surface area contributed by atoms with E-state index in [9.17, 15) is 4.79 Å². The number of rotatable bonds is 5. The number of anilines is 4. The molecule has 0 spiro atoms. The van der Waals surface area contributed by atoms with Crippen LogP contribution in [-0.2, 0) is 24.8 Å². The van der Waals surface area contributed by atoms with Crippen molar-refractivity contribution in [3.8, 4) is 11.4 Å². The highest BCUT2D eigenvalue weighted by atomic mass is 16.5. The van der Waals surface area contributed by atoms with E-state index in [1.165, 1.54) is 10.2 Å². The van der Waals surface area contributed by atoms with E-state index in [-0.39, 0.29) is 11.7 Å². The number of aromatic amines is 1. The molecular weight excluding hydrogens is 484 g/mol. The number of benzene rings is 1. The van der Waals surface area contributed by atoms with Gasteiger partial charge in [-0.15, -0.1) is 5.10 Å². The minimum atomic E-state index is -0.275. The van der Waals surface area contributed by atoms with Gasteiger partial charge in [0, 0.05) is 48.7 Å². The molecule has 2 aliphatic heterocycles. The Morgan fingerprint density at radius 3 is 2.71 bits per heavy atom. The maximum atomic E-state index is 11.7. The van der Waals surface area contributed by atoms with Crippen molar-refractivity contribution in [3.05, 3.63) is 64.1 Å². The summed E-state index contributed by atoms with van der Waals surface area (Å²) in [5, 5.41) is 7.25. The molecule has 4 aromatic rings. The molecule has 1 saturated heterocycles. The number of morpholine rings is 1. The normalized spacial score (nSPS) is 17.4. The number of hydrogen-bond acceptors (Lipinski definition) is 10. The minimum absolute atomic E-state index is 0.227. The van der Waals surface area contributed by atoms with Crippen LogP contribution in [0, 0.1) is 6.92 Å². The Labute approximate surface area is 219 Å². The Hall–Kier alpha value is -4.32. The van der Waals surface area contributed by atoms with E-state index >= 15 is 0 Å². The van der Waals surface area contributed by atoms with Gasteiger partial charge in [-0.05, 0) is 44.5 Å². The number of ether oxygens (including phenoxy) is 1. The molecule has 2 N–H and O–H groups in total. The molecule has 0 aliphatic carbocycles. The first kappa shape index (κ1) is 24.0. The van der Waals surface area contributed by atoms with Gasteiger partial charge < -0.3 is 19.9 Å². The third-order valence-electron chi connectivity index (χ3n) is 6.97. The minimum Gasteiger partial charge on any atom is -0.377 e. The van der Waals surface area contributed by atoms with Gasteiger partial charge in [-0.2, -0.15) is 0 Å². The molecule has 0 saturated carbocycles. The Balaban J connectivity index is 1.35. The van der Waals surface area contributed by atoms with Crippen LogP contribution in [0.15, 0.2) is 41.5 Å². The lowest BCUT2D eigenvalue weighted by Gasteiger charge is -2.38. The lowest BCUT2D eigenvalue weighted by molar-refractivity contribution is 0.0984. The molecule has 2 aliphatic rings. The molecule has 1 aromatic carbocycles. The lowest BCUT2D eigenvalue weighted by Crippen LogP contribution is -2.45. The van der Waals surface area contributed by atoms with Crippen LogP contribution in [0.2, 0.25) is 0 Å². The van der Waals surface area contributed by atoms with E-state index < -0.39 is 0 Å². The first-order valence-corrected chi connectivity index (χ1v) is 12.7. The monoisotopic (exact) mass is 514 g/mol. The van der Waals surface area contributed by atoms with E-state index in [1.54, 1.807) is 13.4 Å². The summed E-state index contributed by atoms with van der Waals surface area (Å²) < 4.78 is 6.95. The molecule has 12 nitrogen and oxygen atoms in total. The summed E-state index contributed by atoms with van der Waals surface area (Å²) >= 11 is 0. The number of H-pyrrole nitrogens is 1. The van der Waals surface area contributed by atoms with Crippen LogP contribution in [0.3, 0.4) is 0 Å². The number of hydrogen-bond donors (Lipinski definition) is 2. The summed E-state index contributed by atoms with van der Waals surface area (Å²) in [6, 6.07) is 10.1. The molecule has 5 heterocycles. The van der Waals surface area contributed by atoms with Crippen LogP contribution in [-0.4, -0.2) is 67.0 Å². The first-order chi connectivity index (χ1) is 18.4. The predicted octanol–water partition coefficient (Wildman–Crippen LogP) is 2.20. The van der Waals surface area contributed by atoms with Crippen molar-refractivity contribution in [2.45, 2.75) is 32.9 Å². The SMILES string of the molecule is Cc1cc(N2CCc3c(nc(-c4ccc(Nc5nn(C)c(=O)[nH]5)cc4)nc3N3CCOC[C@@H]3C)C2)ncn1. The standard InChI is InChI=1S/C26H30N10O2/c1-16-12-22(28-15-27-16)35-9-8-20-21(13-35)30-23(31-24(20)36-10-11-38-14-17(36)2)18-4-6-19(7-5-18)29-25-32-26(37)34(3)33-25/h4-7,12,15,17H,8-11,13-14H2,1-3H3,(H2,29,32,33,37)/t17-/m0/s1. The van der Waals surface area contributed by atoms with Crippen molar-refractivity contribution in [3.63, 3.8) is 0 Å². The zero-order valence-electron chi connectivity index (χ0n) is 21.7. The topological polar surface area (TPSA) is 130 Å². The van der Waals surface area contributed by atoms with E-state index in [1.807, 2.05) is 37.3 Å². The van der Waals surface area contributed by atoms with Gasteiger partial charge >= 0.3 is 5.69 Å². The van der Waals surface area contributed by atoms with Crippen LogP contribution < -0.4 is 20.8 Å². The average Bonchev–Trinajstić information content (AvgIpc) is 3.24. The number of nitrogens with one attached hydrogen (secondary N) is 2. The van der Waals surface area contributed by atoms with Crippen LogP contribution in [0.25, 0.3) is 11.4 Å². The zero-order chi connectivity index (χ0) is 26.2. The molecule has 0 bridgehead atoms. The van der Waals surface area contributed by atoms with Crippen molar-refractivity contribution in [1.82, 2.24) is 34.7 Å². The fraction of sp³-hybridized carbons (Fsp3) is 0.385. The molecular formula is C26H30N10O2. The summed E-state index contributed by atoms with van der Waals surface area (Å²) in [7, 11) is 1.60. The Morgan fingerprint density at radius 1 is 1.13 bits per heavy atom. The Bertz CT molecular complexity index is 1510. The van der Waals surface area contributed by atoms with Crippen molar-refractivity contribution in [1.29, 1.82) is 0 Å². The van der Waals surface area contributed by atoms with Crippen LogP contribution in [0.4, 0.5) is 23.3 Å². The highest BCUT2D eigenvalue weighted by molar-refractivity contribution is 5.65. The van der Waals surface area contributed by atoms with E-state index in [0.29, 0.717) is 31.5 Å². The maximum absolute atomic E-state index is 11.7. The number of aryl methyl sites for hydroxylation is 2. The average molecular weight is 515 g/mol. The molecule has 196 valence electrons. The van der Waals surface area contributed by atoms with Crippen molar-refractivity contribution in [2.24, 2.45) is 7.05 Å². The van der Waals surface area contributed by atoms with Gasteiger partial charge in [0.15, 0.2) is 5.82 Å². The van der Waals surface area contributed by atoms with Crippen LogP contribution in [0.1, 0.15) is 23.9 Å². The van der Waals surface area contributed by atoms with E-state index in [4.69, 9.17) is 14.7 Å². The van der Waals surface area contributed by atoms with Crippen LogP contribution >= 0.6 is 0 Å². The second-order valence-electron chi connectivity index (χ2n) is 9.71. The largest absolute Gasteiger partial charge is 0.377 e. The molecule has 1 fully saturated rings. The summed E-state index contributed by atoms with van der Waals surface area (Å²) in [5.41, 5.74) is 4.58. The van der Waals surface area contributed by atoms with Crippen LogP contribution in [0.5, 0.6) is 0 Å². The van der Waals surface area contributed by atoms with Gasteiger partial charge in [0.1, 0.15) is 18.0 Å². The fourth-order valence-electron chi connectivity index (χ4n) is 4.93. The molecule has 12 heteroatoms. The molecule has 6 rings (SSSR count). The fourth-order valence-corrected chi connectivity index (χ4v) is 4.93. The quantitative estimate of drug-likeness (QED) is 0.409. The van der Waals surface area contributed by atoms with Gasteiger partial charge in [-0.25, -0.2) is 29.4 Å². The van der Waals surface area contributed by atoms with E-state index in [2.05, 4.69) is 42.1 Å². The van der Waals surface area contributed by atoms with Crippen molar-refractivity contribution < 1.29 is 4.74 Å². The second kappa shape index (κ2) is 9.86. The third kappa shape index (κ3) is 4.70. The number of fused-ring (bicyclic) bond motifs is 1. The molecule has 3 aromatic heterocycles. The summed E-state index contributed by atoms with van der Waals surface area (Å²) in [6.07, 6.45) is 2.45. The predicted molar refractivity (Wildman–Crippen MR) is 144 cm³/mol. The Morgan fingerprint density at radius 2 is 1.97 bits per heavy atom. The van der Waals surface area contributed by atoms with E-state index in [0.717, 1.165) is 53.8 Å². The molecule has 0 amide bonds. The summed E-state index contributed by atoms with van der Waals surface area (Å²) in [6.45, 7) is 7.80. The lowest BCUT2D eigenvalue weighted by atomic mass is 10.0. The first-order valence-electron chi connectivity index (χ1n) is 12.7. The Kier molecular flexibility index (Phi) is 6.24. The molecule has 1 atom stereocenters. The highest BCUT2D eigenvalue weighted by Gasteiger charge is 2.29. The van der Waals surface area contributed by atoms with Gasteiger partial charge in [0.05, 0.1) is 31.5 Å². The van der Waals surface area contributed by atoms with Crippen molar-refractivity contribution >= 4 is 23.3 Å². The smallest absolute Gasteiger partial charge is 0.344 e. The second-order valence-corrected chi connectivity index (χ2v) is 9.71. The molecule has 0 unspecified atom stereocenters. The number of aromatic nitrogens is 7. The zero-order valence-corrected chi connectivity index (χ0v) is 21.7. The van der Waals surface area contributed by atoms with Gasteiger partial charge in [-0.1, -0.05) is 0 Å². The highest BCUT2D eigenvalue weighted by Crippen LogP contribution is 2.33. The van der Waals surface area contributed by atoms with Gasteiger partial charge in [-0.3, -0.25) is 4.98 Å². The summed E-state index contributed by atoms with van der Waals surface area (Å²) in [4.78, 5) is 37.8. The third-order valence-corrected chi connectivity index (χ3v) is 6.97. The molecule has 0 radical (unpaired) electrons. The number of nitrogens with zero attached hydrogens (tertiary/aromatic N) is 8.